The molecule has 1 N–H and O–H groups in total. The number of carbonyl (C=O) groups is 2. The van der Waals surface area contributed by atoms with E-state index in [1.54, 1.807) is 0 Å². The molecule has 0 aromatic heterocycles. The van der Waals surface area contributed by atoms with Crippen molar-refractivity contribution in [1.29, 1.82) is 0 Å². The normalized spacial score (nSPS) is 11.8. The fraction of sp³-hybridized carbons (Fsp3) is 0.273. The van der Waals surface area contributed by atoms with Gasteiger partial charge in [-0.25, -0.2) is 8.78 Å². The van der Waals surface area contributed by atoms with Gasteiger partial charge in [0.1, 0.15) is 22.6 Å². The van der Waals surface area contributed by atoms with E-state index in [4.69, 9.17) is 11.6 Å². The lowest BCUT2D eigenvalue weighted by Gasteiger charge is -2.10. The molecule has 0 spiro atoms. The number of halogens is 4. The van der Waals surface area contributed by atoms with Gasteiger partial charge in [0.2, 0.25) is 0 Å². The average Bonchev–Trinajstić information content (AvgIpc) is 2.33. The summed E-state index contributed by atoms with van der Waals surface area (Å²) in [5.74, 6) is -3.79. The molecule has 0 saturated carbocycles. The minimum atomic E-state index is -1.13. The van der Waals surface area contributed by atoms with Crippen molar-refractivity contribution in [3.8, 4) is 0 Å². The number of rotatable bonds is 4. The van der Waals surface area contributed by atoms with Crippen LogP contribution >= 0.6 is 27.5 Å². The predicted molar refractivity (Wildman–Crippen MR) is 68.0 cm³/mol. The summed E-state index contributed by atoms with van der Waals surface area (Å²) >= 11 is 8.48. The van der Waals surface area contributed by atoms with Crippen molar-refractivity contribution < 1.29 is 23.1 Å². The first-order valence-electron chi connectivity index (χ1n) is 5.01. The van der Waals surface area contributed by atoms with Gasteiger partial charge in [0.05, 0.1) is 7.11 Å². The van der Waals surface area contributed by atoms with Crippen LogP contribution in [0.4, 0.5) is 8.78 Å². The molecule has 0 saturated heterocycles. The summed E-state index contributed by atoms with van der Waals surface area (Å²) in [5, 5.41) is 1.02. The van der Waals surface area contributed by atoms with Crippen LogP contribution in [-0.2, 0) is 9.53 Å². The Morgan fingerprint density at radius 3 is 2.42 bits per heavy atom. The highest BCUT2D eigenvalue weighted by molar-refractivity contribution is 9.10. The fourth-order valence-electron chi connectivity index (χ4n) is 1.24. The second kappa shape index (κ2) is 6.81. The third kappa shape index (κ3) is 4.14. The molecule has 0 fully saturated rings. The highest BCUT2D eigenvalue weighted by atomic mass is 79.9. The Hall–Kier alpha value is -1.21. The Balaban J connectivity index is 2.77. The average molecular weight is 357 g/mol. The predicted octanol–water partition coefficient (Wildman–Crippen LogP) is 2.24. The zero-order valence-electron chi connectivity index (χ0n) is 9.68. The van der Waals surface area contributed by atoms with Gasteiger partial charge >= 0.3 is 5.97 Å². The van der Waals surface area contributed by atoms with Gasteiger partial charge in [0.15, 0.2) is 0 Å². The topological polar surface area (TPSA) is 55.4 Å². The largest absolute Gasteiger partial charge is 0.468 e. The maximum absolute atomic E-state index is 13.5. The molecule has 1 atom stereocenters. The number of nitrogens with one attached hydrogen (secondary N) is 1. The maximum atomic E-state index is 13.5. The molecule has 1 amide bonds. The van der Waals surface area contributed by atoms with Crippen LogP contribution in [0.5, 0.6) is 0 Å². The first-order chi connectivity index (χ1) is 8.86. The summed E-state index contributed by atoms with van der Waals surface area (Å²) in [5.41, 5.74) is -0.739. The van der Waals surface area contributed by atoms with Crippen molar-refractivity contribution in [3.05, 3.63) is 33.8 Å². The van der Waals surface area contributed by atoms with Crippen LogP contribution in [0, 0.1) is 11.6 Å². The van der Waals surface area contributed by atoms with E-state index >= 15 is 0 Å². The number of methoxy groups -OCH3 is 1. The van der Waals surface area contributed by atoms with Gasteiger partial charge in [-0.15, -0.1) is 11.6 Å². The van der Waals surface area contributed by atoms with Gasteiger partial charge in [0, 0.05) is 11.0 Å². The highest BCUT2D eigenvalue weighted by Gasteiger charge is 2.21. The van der Waals surface area contributed by atoms with Crippen LogP contribution in [0.15, 0.2) is 16.6 Å². The molecule has 8 heteroatoms. The van der Waals surface area contributed by atoms with Gasteiger partial charge in [-0.3, -0.25) is 9.59 Å². The standard InChI is InChI=1S/C11H9BrClF2NO3/c1-19-11(18)6(13)4-16-10(17)9-7(14)2-5(12)3-8(9)15/h2-3,6H,4H2,1H3,(H,16,17). The Morgan fingerprint density at radius 1 is 1.42 bits per heavy atom. The van der Waals surface area contributed by atoms with E-state index in [9.17, 15) is 18.4 Å². The van der Waals surface area contributed by atoms with E-state index in [0.717, 1.165) is 19.2 Å². The van der Waals surface area contributed by atoms with Crippen LogP contribution in [0.1, 0.15) is 10.4 Å². The Labute approximate surface area is 121 Å². The molecule has 0 radical (unpaired) electrons. The Bertz CT molecular complexity index is 490. The lowest BCUT2D eigenvalue weighted by atomic mass is 10.2. The summed E-state index contributed by atoms with van der Waals surface area (Å²) in [6, 6.07) is 1.91. The number of ether oxygens (including phenoxy) is 1. The third-order valence-corrected chi connectivity index (χ3v) is 2.92. The molecule has 0 bridgehead atoms. The van der Waals surface area contributed by atoms with Gasteiger partial charge < -0.3 is 10.1 Å². The number of hydrogen-bond donors (Lipinski definition) is 1. The molecule has 0 aliphatic rings. The van der Waals surface area contributed by atoms with E-state index in [-0.39, 0.29) is 11.0 Å². The number of carbonyl (C=O) groups excluding carboxylic acids is 2. The molecule has 0 aliphatic heterocycles. The lowest BCUT2D eigenvalue weighted by Crippen LogP contribution is -2.35. The highest BCUT2D eigenvalue weighted by Crippen LogP contribution is 2.19. The molecule has 1 aromatic rings. The molecule has 0 heterocycles. The van der Waals surface area contributed by atoms with Gasteiger partial charge in [-0.1, -0.05) is 15.9 Å². The monoisotopic (exact) mass is 355 g/mol. The van der Waals surface area contributed by atoms with E-state index in [2.05, 4.69) is 26.0 Å². The van der Waals surface area contributed by atoms with Crippen molar-refractivity contribution in [2.24, 2.45) is 0 Å². The molecule has 104 valence electrons. The molecular weight excluding hydrogens is 347 g/mol. The van der Waals surface area contributed by atoms with Crippen LogP contribution in [0.3, 0.4) is 0 Å². The number of alkyl halides is 1. The molecule has 1 aromatic carbocycles. The van der Waals surface area contributed by atoms with Crippen molar-refractivity contribution in [2.75, 3.05) is 13.7 Å². The summed E-state index contributed by atoms with van der Waals surface area (Å²) in [6.45, 7) is -0.304. The van der Waals surface area contributed by atoms with Crippen molar-refractivity contribution in [1.82, 2.24) is 5.32 Å². The minimum Gasteiger partial charge on any atom is -0.468 e. The van der Waals surface area contributed by atoms with E-state index in [1.807, 2.05) is 0 Å². The van der Waals surface area contributed by atoms with Gasteiger partial charge in [-0.05, 0) is 12.1 Å². The molecule has 0 aliphatic carbocycles. The SMILES string of the molecule is COC(=O)C(Cl)CNC(=O)c1c(F)cc(Br)cc1F. The zero-order chi connectivity index (χ0) is 14.6. The van der Waals surface area contributed by atoms with Crippen LogP contribution in [0.2, 0.25) is 0 Å². The summed E-state index contributed by atoms with van der Waals surface area (Å²) < 4.78 is 31.4. The summed E-state index contributed by atoms with van der Waals surface area (Å²) in [4.78, 5) is 22.6. The van der Waals surface area contributed by atoms with E-state index in [1.165, 1.54) is 0 Å². The number of esters is 1. The second-order valence-corrected chi connectivity index (χ2v) is 4.89. The molecule has 1 rings (SSSR count). The zero-order valence-corrected chi connectivity index (χ0v) is 12.0. The molecule has 4 nitrogen and oxygen atoms in total. The van der Waals surface area contributed by atoms with Crippen molar-refractivity contribution in [2.45, 2.75) is 5.38 Å². The Kier molecular flexibility index (Phi) is 5.68. The van der Waals surface area contributed by atoms with Crippen LogP contribution in [-0.4, -0.2) is 30.9 Å². The van der Waals surface area contributed by atoms with E-state index in [0.29, 0.717) is 0 Å². The fourth-order valence-corrected chi connectivity index (χ4v) is 1.81. The maximum Gasteiger partial charge on any atom is 0.325 e. The first-order valence-corrected chi connectivity index (χ1v) is 6.24. The lowest BCUT2D eigenvalue weighted by molar-refractivity contribution is -0.140. The summed E-state index contributed by atoms with van der Waals surface area (Å²) in [7, 11) is 1.13. The number of benzene rings is 1. The Morgan fingerprint density at radius 2 is 1.95 bits per heavy atom. The third-order valence-electron chi connectivity index (χ3n) is 2.13. The second-order valence-electron chi connectivity index (χ2n) is 3.45. The number of amides is 1. The van der Waals surface area contributed by atoms with E-state index < -0.39 is 34.5 Å². The molecule has 19 heavy (non-hydrogen) atoms. The minimum absolute atomic E-state index is 0.170. The van der Waals surface area contributed by atoms with Crippen LogP contribution in [0.25, 0.3) is 0 Å². The molecule has 1 unspecified atom stereocenters. The van der Waals surface area contributed by atoms with Gasteiger partial charge in [0.25, 0.3) is 5.91 Å². The van der Waals surface area contributed by atoms with Crippen molar-refractivity contribution in [3.63, 3.8) is 0 Å². The smallest absolute Gasteiger partial charge is 0.325 e. The first kappa shape index (κ1) is 15.8. The van der Waals surface area contributed by atoms with Gasteiger partial charge in [-0.2, -0.15) is 0 Å². The van der Waals surface area contributed by atoms with Crippen LogP contribution < -0.4 is 5.32 Å². The quantitative estimate of drug-likeness (QED) is 0.665. The summed E-state index contributed by atoms with van der Waals surface area (Å²) in [6.07, 6.45) is 0. The molecular formula is C11H9BrClF2NO3. The van der Waals surface area contributed by atoms with Crippen molar-refractivity contribution >= 4 is 39.4 Å². The number of hydrogen-bond acceptors (Lipinski definition) is 3.